The second-order valence-electron chi connectivity index (χ2n) is 3.10. The number of fused-ring (bicyclic) bond motifs is 1. The molecule has 3 heteroatoms. The number of hydrogen-bond donors (Lipinski definition) is 2. The van der Waals surface area contributed by atoms with Crippen molar-refractivity contribution in [3.8, 4) is 0 Å². The molecule has 0 aromatic heterocycles. The number of hydrogen-bond acceptors (Lipinski definition) is 2. The summed E-state index contributed by atoms with van der Waals surface area (Å²) in [4.78, 5) is 0. The summed E-state index contributed by atoms with van der Waals surface area (Å²) in [6.07, 6.45) is 2.24. The molecule has 1 aliphatic rings. The molecule has 12 heavy (non-hydrogen) atoms. The van der Waals surface area contributed by atoms with E-state index in [0.717, 1.165) is 17.3 Å². The third-order valence-electron chi connectivity index (χ3n) is 2.38. The van der Waals surface area contributed by atoms with Crippen molar-refractivity contribution in [3.05, 3.63) is 33.8 Å². The van der Waals surface area contributed by atoms with Crippen LogP contribution >= 0.6 is 15.9 Å². The molecule has 0 saturated carbocycles. The molecule has 1 aromatic carbocycles. The quantitative estimate of drug-likeness (QED) is 0.568. The summed E-state index contributed by atoms with van der Waals surface area (Å²) in [5.41, 5.74) is 5.58. The normalized spacial score (nSPS) is 21.0. The van der Waals surface area contributed by atoms with Gasteiger partial charge in [-0.3, -0.25) is 11.3 Å². The zero-order chi connectivity index (χ0) is 8.55. The molecule has 0 fully saturated rings. The van der Waals surface area contributed by atoms with E-state index >= 15 is 0 Å². The second kappa shape index (κ2) is 3.17. The summed E-state index contributed by atoms with van der Waals surface area (Å²) < 4.78 is 1.15. The number of nitrogens with one attached hydrogen (secondary N) is 1. The van der Waals surface area contributed by atoms with Gasteiger partial charge in [0.15, 0.2) is 0 Å². The van der Waals surface area contributed by atoms with Gasteiger partial charge in [0.05, 0.1) is 0 Å². The average molecular weight is 227 g/mol. The van der Waals surface area contributed by atoms with Gasteiger partial charge in [0, 0.05) is 10.5 Å². The van der Waals surface area contributed by atoms with E-state index in [1.54, 1.807) is 0 Å². The minimum absolute atomic E-state index is 0.355. The lowest BCUT2D eigenvalue weighted by atomic mass is 10.1. The van der Waals surface area contributed by atoms with Crippen LogP contribution in [-0.2, 0) is 6.42 Å². The molecule has 64 valence electrons. The molecular weight excluding hydrogens is 216 g/mol. The molecule has 0 radical (unpaired) electrons. The van der Waals surface area contributed by atoms with Crippen LogP contribution in [0.5, 0.6) is 0 Å². The molecule has 1 aromatic rings. The number of nitrogens with two attached hydrogens (primary N) is 1. The van der Waals surface area contributed by atoms with Crippen LogP contribution in [0.4, 0.5) is 0 Å². The first-order valence-electron chi connectivity index (χ1n) is 4.05. The summed E-state index contributed by atoms with van der Waals surface area (Å²) in [5, 5.41) is 0. The Labute approximate surface area is 80.2 Å². The van der Waals surface area contributed by atoms with Gasteiger partial charge < -0.3 is 0 Å². The topological polar surface area (TPSA) is 38.0 Å². The highest BCUT2D eigenvalue weighted by Crippen LogP contribution is 2.32. The first-order valence-corrected chi connectivity index (χ1v) is 4.85. The molecular formula is C9H11BrN2. The van der Waals surface area contributed by atoms with E-state index in [2.05, 4.69) is 39.6 Å². The summed E-state index contributed by atoms with van der Waals surface area (Å²) >= 11 is 3.46. The first kappa shape index (κ1) is 8.23. The lowest BCUT2D eigenvalue weighted by molar-refractivity contribution is 0.551. The van der Waals surface area contributed by atoms with E-state index in [-0.39, 0.29) is 0 Å². The predicted octanol–water partition coefficient (Wildman–Crippen LogP) is 1.90. The summed E-state index contributed by atoms with van der Waals surface area (Å²) in [6, 6.07) is 6.73. The molecule has 3 N–H and O–H groups in total. The molecule has 0 saturated heterocycles. The van der Waals surface area contributed by atoms with E-state index in [0.29, 0.717) is 6.04 Å². The van der Waals surface area contributed by atoms with Crippen LogP contribution in [-0.4, -0.2) is 0 Å². The van der Waals surface area contributed by atoms with Crippen molar-refractivity contribution in [2.24, 2.45) is 5.84 Å². The van der Waals surface area contributed by atoms with Crippen molar-refractivity contribution < 1.29 is 0 Å². The number of hydrazine groups is 1. The zero-order valence-electron chi connectivity index (χ0n) is 6.68. The van der Waals surface area contributed by atoms with Crippen LogP contribution in [0.3, 0.4) is 0 Å². The maximum atomic E-state index is 5.42. The van der Waals surface area contributed by atoms with Crippen LogP contribution in [0, 0.1) is 0 Å². The molecule has 2 rings (SSSR count). The fraction of sp³-hybridized carbons (Fsp3) is 0.333. The Morgan fingerprint density at radius 2 is 2.33 bits per heavy atom. The minimum Gasteiger partial charge on any atom is -0.271 e. The van der Waals surface area contributed by atoms with Crippen molar-refractivity contribution in [1.82, 2.24) is 5.43 Å². The highest BCUT2D eigenvalue weighted by molar-refractivity contribution is 9.10. The Bertz CT molecular complexity index is 299. The lowest BCUT2D eigenvalue weighted by Gasteiger charge is -2.08. The smallest absolute Gasteiger partial charge is 0.0465 e. The van der Waals surface area contributed by atoms with E-state index in [9.17, 15) is 0 Å². The molecule has 1 atom stereocenters. The van der Waals surface area contributed by atoms with Gasteiger partial charge in [0.1, 0.15) is 0 Å². The van der Waals surface area contributed by atoms with E-state index in [1.165, 1.54) is 11.1 Å². The zero-order valence-corrected chi connectivity index (χ0v) is 8.26. The van der Waals surface area contributed by atoms with Crippen molar-refractivity contribution in [1.29, 1.82) is 0 Å². The summed E-state index contributed by atoms with van der Waals surface area (Å²) in [5.74, 6) is 5.42. The van der Waals surface area contributed by atoms with Gasteiger partial charge in [-0.05, 0) is 36.1 Å². The van der Waals surface area contributed by atoms with Gasteiger partial charge in [-0.1, -0.05) is 22.0 Å². The number of halogens is 1. The Hall–Kier alpha value is -0.380. The highest BCUT2D eigenvalue weighted by Gasteiger charge is 2.20. The molecule has 0 unspecified atom stereocenters. The molecule has 0 bridgehead atoms. The molecule has 0 amide bonds. The Morgan fingerprint density at radius 3 is 3.08 bits per heavy atom. The Morgan fingerprint density at radius 1 is 1.50 bits per heavy atom. The van der Waals surface area contributed by atoms with E-state index in [1.807, 2.05) is 0 Å². The Balaban J connectivity index is 2.40. The van der Waals surface area contributed by atoms with Gasteiger partial charge in [0.2, 0.25) is 0 Å². The molecule has 0 heterocycles. The summed E-state index contributed by atoms with van der Waals surface area (Å²) in [7, 11) is 0. The van der Waals surface area contributed by atoms with Crippen molar-refractivity contribution in [2.75, 3.05) is 0 Å². The van der Waals surface area contributed by atoms with Crippen LogP contribution in [0.2, 0.25) is 0 Å². The number of benzene rings is 1. The standard InChI is InChI=1S/C9H11BrN2/c10-7-2-3-8-6(5-7)1-4-9(8)12-11/h2-3,5,9,12H,1,4,11H2/t9-/m0/s1. The average Bonchev–Trinajstić information content (AvgIpc) is 2.46. The lowest BCUT2D eigenvalue weighted by Crippen LogP contribution is -2.26. The Kier molecular flexibility index (Phi) is 2.17. The highest BCUT2D eigenvalue weighted by atomic mass is 79.9. The van der Waals surface area contributed by atoms with Crippen molar-refractivity contribution in [2.45, 2.75) is 18.9 Å². The first-order chi connectivity index (χ1) is 5.81. The molecule has 0 aliphatic heterocycles. The summed E-state index contributed by atoms with van der Waals surface area (Å²) in [6.45, 7) is 0. The van der Waals surface area contributed by atoms with Gasteiger partial charge in [-0.2, -0.15) is 0 Å². The molecule has 0 spiro atoms. The van der Waals surface area contributed by atoms with Gasteiger partial charge >= 0.3 is 0 Å². The third-order valence-corrected chi connectivity index (χ3v) is 2.88. The van der Waals surface area contributed by atoms with Gasteiger partial charge in [0.25, 0.3) is 0 Å². The largest absolute Gasteiger partial charge is 0.271 e. The molecule has 2 nitrogen and oxygen atoms in total. The minimum atomic E-state index is 0.355. The van der Waals surface area contributed by atoms with Crippen molar-refractivity contribution in [3.63, 3.8) is 0 Å². The van der Waals surface area contributed by atoms with Crippen LogP contribution in [0.15, 0.2) is 22.7 Å². The number of rotatable bonds is 1. The van der Waals surface area contributed by atoms with Gasteiger partial charge in [-0.25, -0.2) is 0 Å². The SMILES string of the molecule is NN[C@H]1CCc2cc(Br)ccc21. The van der Waals surface area contributed by atoms with Crippen LogP contribution in [0.1, 0.15) is 23.6 Å². The predicted molar refractivity (Wildman–Crippen MR) is 52.5 cm³/mol. The maximum Gasteiger partial charge on any atom is 0.0465 e. The van der Waals surface area contributed by atoms with Crippen LogP contribution in [0.25, 0.3) is 0 Å². The fourth-order valence-corrected chi connectivity index (χ4v) is 2.17. The van der Waals surface area contributed by atoms with E-state index < -0.39 is 0 Å². The van der Waals surface area contributed by atoms with Gasteiger partial charge in [-0.15, -0.1) is 0 Å². The van der Waals surface area contributed by atoms with Crippen molar-refractivity contribution >= 4 is 15.9 Å². The van der Waals surface area contributed by atoms with E-state index in [4.69, 9.17) is 5.84 Å². The maximum absolute atomic E-state index is 5.42. The second-order valence-corrected chi connectivity index (χ2v) is 4.02. The third kappa shape index (κ3) is 1.28. The molecule has 1 aliphatic carbocycles. The fourth-order valence-electron chi connectivity index (χ4n) is 1.76. The van der Waals surface area contributed by atoms with Crippen LogP contribution < -0.4 is 11.3 Å². The monoisotopic (exact) mass is 226 g/mol. The number of aryl methyl sites for hydroxylation is 1.